The monoisotopic (exact) mass is 355 g/mol. The molecule has 26 heavy (non-hydrogen) atoms. The fourth-order valence-electron chi connectivity index (χ4n) is 2.05. The normalized spacial score (nSPS) is 10.7. The van der Waals surface area contributed by atoms with Crippen LogP contribution in [0.2, 0.25) is 0 Å². The molecular weight excluding hydrogens is 334 g/mol. The molecule has 0 aromatic heterocycles. The first-order valence-corrected chi connectivity index (χ1v) is 7.95. The van der Waals surface area contributed by atoms with Gasteiger partial charge in [-0.25, -0.2) is 4.79 Å². The molecule has 7 nitrogen and oxygen atoms in total. The second kappa shape index (κ2) is 7.69. The summed E-state index contributed by atoms with van der Waals surface area (Å²) in [7, 11) is 0. The van der Waals surface area contributed by atoms with Crippen LogP contribution in [0.25, 0.3) is 0 Å². The number of nitrogens with one attached hydrogen (secondary N) is 2. The zero-order valence-electron chi connectivity index (χ0n) is 14.8. The van der Waals surface area contributed by atoms with Gasteiger partial charge in [0.05, 0.1) is 0 Å². The van der Waals surface area contributed by atoms with E-state index in [1.54, 1.807) is 57.2 Å². The standard InChI is InChI=1S/C19H21N3O4/c1-19(2,3)26-18(25)22-15-10-6-13(7-11-15)17(24)21-14-8-4-12(5-9-14)16(20)23/h4-11H,1-3H3,(H2,20,23)(H,21,24)(H,22,25). The van der Waals surface area contributed by atoms with Crippen LogP contribution in [0.1, 0.15) is 41.5 Å². The minimum absolute atomic E-state index is 0.319. The van der Waals surface area contributed by atoms with Gasteiger partial charge >= 0.3 is 6.09 Å². The molecule has 0 aliphatic carbocycles. The van der Waals surface area contributed by atoms with Crippen LogP contribution in [-0.2, 0) is 4.74 Å². The van der Waals surface area contributed by atoms with E-state index in [9.17, 15) is 14.4 Å². The van der Waals surface area contributed by atoms with E-state index in [-0.39, 0.29) is 5.91 Å². The minimum Gasteiger partial charge on any atom is -0.444 e. The summed E-state index contributed by atoms with van der Waals surface area (Å²) in [6.07, 6.45) is -0.566. The maximum Gasteiger partial charge on any atom is 0.412 e. The van der Waals surface area contributed by atoms with Crippen molar-refractivity contribution in [2.75, 3.05) is 10.6 Å². The van der Waals surface area contributed by atoms with Crippen LogP contribution >= 0.6 is 0 Å². The smallest absolute Gasteiger partial charge is 0.412 e. The molecule has 0 aliphatic rings. The molecule has 0 heterocycles. The van der Waals surface area contributed by atoms with Crippen molar-refractivity contribution in [3.05, 3.63) is 59.7 Å². The number of amides is 3. The van der Waals surface area contributed by atoms with Crippen LogP contribution in [0.3, 0.4) is 0 Å². The van der Waals surface area contributed by atoms with Crippen molar-refractivity contribution in [1.82, 2.24) is 0 Å². The van der Waals surface area contributed by atoms with Crippen LogP contribution in [0.5, 0.6) is 0 Å². The van der Waals surface area contributed by atoms with Gasteiger partial charge in [-0.15, -0.1) is 0 Å². The molecule has 4 N–H and O–H groups in total. The van der Waals surface area contributed by atoms with Crippen LogP contribution in [0.15, 0.2) is 48.5 Å². The van der Waals surface area contributed by atoms with Crippen molar-refractivity contribution in [2.24, 2.45) is 5.73 Å². The van der Waals surface area contributed by atoms with Crippen molar-refractivity contribution in [2.45, 2.75) is 26.4 Å². The Morgan fingerprint density at radius 3 is 1.73 bits per heavy atom. The number of benzene rings is 2. The van der Waals surface area contributed by atoms with E-state index >= 15 is 0 Å². The maximum absolute atomic E-state index is 12.2. The Balaban J connectivity index is 1.97. The number of hydrogen-bond donors (Lipinski definition) is 3. The zero-order valence-corrected chi connectivity index (χ0v) is 14.8. The van der Waals surface area contributed by atoms with E-state index in [1.807, 2.05) is 0 Å². The van der Waals surface area contributed by atoms with Crippen LogP contribution in [0, 0.1) is 0 Å². The third-order valence-electron chi connectivity index (χ3n) is 3.22. The molecule has 7 heteroatoms. The van der Waals surface area contributed by atoms with Gasteiger partial charge in [0.1, 0.15) is 5.60 Å². The molecule has 0 aliphatic heterocycles. The molecule has 0 unspecified atom stereocenters. The molecule has 0 saturated carbocycles. The number of carbonyl (C=O) groups excluding carboxylic acids is 3. The minimum atomic E-state index is -0.589. The van der Waals surface area contributed by atoms with Crippen LogP contribution in [-0.4, -0.2) is 23.5 Å². The van der Waals surface area contributed by atoms with Crippen molar-refractivity contribution in [3.8, 4) is 0 Å². The number of rotatable bonds is 4. The molecule has 0 fully saturated rings. The van der Waals surface area contributed by atoms with Gasteiger partial charge in [0.25, 0.3) is 5.91 Å². The van der Waals surface area contributed by atoms with Gasteiger partial charge in [0.2, 0.25) is 5.91 Å². The molecule has 3 amide bonds. The molecule has 2 aromatic rings. The molecule has 0 saturated heterocycles. The average molecular weight is 355 g/mol. The summed E-state index contributed by atoms with van der Waals surface area (Å²) in [5, 5.41) is 5.31. The van der Waals surface area contributed by atoms with Gasteiger partial charge in [-0.05, 0) is 69.3 Å². The van der Waals surface area contributed by atoms with E-state index in [0.29, 0.717) is 22.5 Å². The number of hydrogen-bond acceptors (Lipinski definition) is 4. The van der Waals surface area contributed by atoms with Gasteiger partial charge in [0, 0.05) is 22.5 Å². The molecule has 0 bridgehead atoms. The second-order valence-electron chi connectivity index (χ2n) is 6.60. The summed E-state index contributed by atoms with van der Waals surface area (Å²) in [5.41, 5.74) is 6.41. The molecule has 2 aromatic carbocycles. The topological polar surface area (TPSA) is 111 Å². The van der Waals surface area contributed by atoms with Crippen LogP contribution in [0.4, 0.5) is 16.2 Å². The van der Waals surface area contributed by atoms with Crippen molar-refractivity contribution >= 4 is 29.3 Å². The van der Waals surface area contributed by atoms with Gasteiger partial charge in [0.15, 0.2) is 0 Å². The van der Waals surface area contributed by atoms with Crippen LogP contribution < -0.4 is 16.4 Å². The van der Waals surface area contributed by atoms with E-state index in [2.05, 4.69) is 10.6 Å². The zero-order chi connectivity index (χ0) is 19.3. The lowest BCUT2D eigenvalue weighted by Gasteiger charge is -2.19. The van der Waals surface area contributed by atoms with Crippen molar-refractivity contribution in [3.63, 3.8) is 0 Å². The van der Waals surface area contributed by atoms with E-state index in [4.69, 9.17) is 10.5 Å². The van der Waals surface area contributed by atoms with Crippen molar-refractivity contribution < 1.29 is 19.1 Å². The first kappa shape index (κ1) is 19.0. The first-order chi connectivity index (χ1) is 12.1. The van der Waals surface area contributed by atoms with Gasteiger partial charge in [-0.2, -0.15) is 0 Å². The van der Waals surface area contributed by atoms with Crippen molar-refractivity contribution in [1.29, 1.82) is 0 Å². The molecule has 2 rings (SSSR count). The maximum atomic E-state index is 12.2. The highest BCUT2D eigenvalue weighted by molar-refractivity contribution is 6.04. The predicted molar refractivity (Wildman–Crippen MR) is 99.2 cm³/mol. The fraction of sp³-hybridized carbons (Fsp3) is 0.211. The highest BCUT2D eigenvalue weighted by Gasteiger charge is 2.16. The third kappa shape index (κ3) is 5.62. The number of ether oxygens (including phenoxy) is 1. The SMILES string of the molecule is CC(C)(C)OC(=O)Nc1ccc(C(=O)Nc2ccc(C(N)=O)cc2)cc1. The van der Waals surface area contributed by atoms with E-state index in [1.165, 1.54) is 12.1 Å². The van der Waals surface area contributed by atoms with Gasteiger partial charge in [-0.1, -0.05) is 0 Å². The Kier molecular flexibility index (Phi) is 5.61. The average Bonchev–Trinajstić information content (AvgIpc) is 2.54. The highest BCUT2D eigenvalue weighted by Crippen LogP contribution is 2.15. The lowest BCUT2D eigenvalue weighted by molar-refractivity contribution is 0.0635. The fourth-order valence-corrected chi connectivity index (χ4v) is 2.05. The summed E-state index contributed by atoms with van der Waals surface area (Å²) >= 11 is 0. The lowest BCUT2D eigenvalue weighted by atomic mass is 10.1. The molecule has 136 valence electrons. The number of anilines is 2. The second-order valence-corrected chi connectivity index (χ2v) is 6.60. The molecule has 0 atom stereocenters. The summed E-state index contributed by atoms with van der Waals surface area (Å²) in [5.74, 6) is -0.850. The summed E-state index contributed by atoms with van der Waals surface area (Å²) < 4.78 is 5.16. The van der Waals surface area contributed by atoms with E-state index in [0.717, 1.165) is 0 Å². The Morgan fingerprint density at radius 1 is 0.808 bits per heavy atom. The molecule has 0 radical (unpaired) electrons. The summed E-state index contributed by atoms with van der Waals surface area (Å²) in [4.78, 5) is 35.0. The molecular formula is C19H21N3O4. The van der Waals surface area contributed by atoms with Gasteiger partial charge < -0.3 is 15.8 Å². The first-order valence-electron chi connectivity index (χ1n) is 7.95. The largest absolute Gasteiger partial charge is 0.444 e. The lowest BCUT2D eigenvalue weighted by Crippen LogP contribution is -2.27. The predicted octanol–water partition coefficient (Wildman–Crippen LogP) is 3.38. The summed E-state index contributed by atoms with van der Waals surface area (Å²) in [6.45, 7) is 5.32. The highest BCUT2D eigenvalue weighted by atomic mass is 16.6. The Morgan fingerprint density at radius 2 is 1.27 bits per heavy atom. The molecule has 0 spiro atoms. The number of carbonyl (C=O) groups is 3. The Labute approximate surface area is 151 Å². The number of nitrogens with two attached hydrogens (primary N) is 1. The quantitative estimate of drug-likeness (QED) is 0.780. The van der Waals surface area contributed by atoms with E-state index < -0.39 is 17.6 Å². The summed E-state index contributed by atoms with van der Waals surface area (Å²) in [6, 6.07) is 12.6. The van der Waals surface area contributed by atoms with Gasteiger partial charge in [-0.3, -0.25) is 14.9 Å². The third-order valence-corrected chi connectivity index (χ3v) is 3.22. The Hall–Kier alpha value is -3.35. The Bertz CT molecular complexity index is 806. The number of primary amides is 1.